The van der Waals surface area contributed by atoms with Gasteiger partial charge in [-0.1, -0.05) is 48.0 Å². The van der Waals surface area contributed by atoms with E-state index in [2.05, 4.69) is 10.3 Å². The second-order valence-corrected chi connectivity index (χ2v) is 5.82. The van der Waals surface area contributed by atoms with E-state index >= 15 is 0 Å². The van der Waals surface area contributed by atoms with Crippen LogP contribution in [0.2, 0.25) is 5.02 Å². The summed E-state index contributed by atoms with van der Waals surface area (Å²) in [7, 11) is 0. The van der Waals surface area contributed by atoms with Crippen molar-refractivity contribution in [3.8, 4) is 11.3 Å². The van der Waals surface area contributed by atoms with Crippen molar-refractivity contribution < 1.29 is 9.21 Å². The van der Waals surface area contributed by atoms with Crippen LogP contribution in [0.3, 0.4) is 0 Å². The molecule has 0 aliphatic rings. The van der Waals surface area contributed by atoms with Gasteiger partial charge in [0.15, 0.2) is 5.89 Å². The van der Waals surface area contributed by atoms with Gasteiger partial charge < -0.3 is 9.73 Å². The number of aromatic nitrogens is 1. The van der Waals surface area contributed by atoms with Crippen molar-refractivity contribution in [1.82, 2.24) is 10.3 Å². The zero-order chi connectivity index (χ0) is 16.9. The summed E-state index contributed by atoms with van der Waals surface area (Å²) in [6, 6.07) is 16.7. The fourth-order valence-electron chi connectivity index (χ4n) is 2.48. The summed E-state index contributed by atoms with van der Waals surface area (Å²) in [5.41, 5.74) is 2.37. The van der Waals surface area contributed by atoms with Crippen LogP contribution in [0.4, 0.5) is 0 Å². The van der Waals surface area contributed by atoms with E-state index in [0.717, 1.165) is 17.0 Å². The van der Waals surface area contributed by atoms with Crippen molar-refractivity contribution in [2.45, 2.75) is 13.3 Å². The zero-order valence-corrected chi connectivity index (χ0v) is 14.0. The molecule has 0 radical (unpaired) electrons. The number of aryl methyl sites for hydroxylation is 1. The molecule has 2 aromatic carbocycles. The van der Waals surface area contributed by atoms with Gasteiger partial charge in [0.25, 0.3) is 5.91 Å². The van der Waals surface area contributed by atoms with E-state index in [1.54, 1.807) is 24.3 Å². The molecule has 1 aromatic heterocycles. The number of oxazole rings is 1. The van der Waals surface area contributed by atoms with Gasteiger partial charge in [-0.2, -0.15) is 0 Å². The van der Waals surface area contributed by atoms with E-state index in [4.69, 9.17) is 16.0 Å². The lowest BCUT2D eigenvalue weighted by Gasteiger charge is -2.05. The van der Waals surface area contributed by atoms with Crippen LogP contribution in [0.5, 0.6) is 0 Å². The summed E-state index contributed by atoms with van der Waals surface area (Å²) < 4.78 is 5.69. The molecule has 3 rings (SSSR count). The van der Waals surface area contributed by atoms with Crippen LogP contribution in [0.15, 0.2) is 59.0 Å². The highest BCUT2D eigenvalue weighted by atomic mass is 35.5. The molecule has 0 unspecified atom stereocenters. The van der Waals surface area contributed by atoms with Gasteiger partial charge in [-0.15, -0.1) is 0 Å². The van der Waals surface area contributed by atoms with Crippen LogP contribution in [-0.2, 0) is 6.42 Å². The zero-order valence-electron chi connectivity index (χ0n) is 13.3. The van der Waals surface area contributed by atoms with Crippen molar-refractivity contribution >= 4 is 17.5 Å². The molecule has 0 aliphatic carbocycles. The lowest BCUT2D eigenvalue weighted by Crippen LogP contribution is -2.25. The Morgan fingerprint density at radius 2 is 1.96 bits per heavy atom. The Hall–Kier alpha value is -2.59. The molecule has 0 aliphatic heterocycles. The summed E-state index contributed by atoms with van der Waals surface area (Å²) in [6.45, 7) is 2.28. The number of halogens is 1. The van der Waals surface area contributed by atoms with Gasteiger partial charge in [0.05, 0.1) is 0 Å². The SMILES string of the molecule is Cc1nc(-c2ccccc2)c(CCNC(=O)c2cccc(Cl)c2)o1. The van der Waals surface area contributed by atoms with Gasteiger partial charge >= 0.3 is 0 Å². The molecule has 3 aromatic rings. The van der Waals surface area contributed by atoms with E-state index in [-0.39, 0.29) is 5.91 Å². The molecule has 0 atom stereocenters. The molecule has 0 fully saturated rings. The number of carbonyl (C=O) groups excluding carboxylic acids is 1. The first-order valence-electron chi connectivity index (χ1n) is 7.69. The van der Waals surface area contributed by atoms with Crippen LogP contribution in [0, 0.1) is 6.92 Å². The molecule has 0 spiro atoms. The number of rotatable bonds is 5. The van der Waals surface area contributed by atoms with Gasteiger partial charge in [-0.05, 0) is 18.2 Å². The van der Waals surface area contributed by atoms with Crippen LogP contribution >= 0.6 is 11.6 Å². The van der Waals surface area contributed by atoms with Gasteiger partial charge in [0.2, 0.25) is 0 Å². The van der Waals surface area contributed by atoms with Crippen molar-refractivity contribution in [3.05, 3.63) is 76.8 Å². The van der Waals surface area contributed by atoms with Gasteiger partial charge in [0.1, 0.15) is 11.5 Å². The molecule has 24 heavy (non-hydrogen) atoms. The Balaban J connectivity index is 1.66. The number of nitrogens with zero attached hydrogens (tertiary/aromatic N) is 1. The summed E-state index contributed by atoms with van der Waals surface area (Å²) in [6.07, 6.45) is 0.567. The monoisotopic (exact) mass is 340 g/mol. The quantitative estimate of drug-likeness (QED) is 0.754. The van der Waals surface area contributed by atoms with E-state index < -0.39 is 0 Å². The Morgan fingerprint density at radius 3 is 2.71 bits per heavy atom. The molecule has 0 bridgehead atoms. The third-order valence-corrected chi connectivity index (χ3v) is 3.81. The summed E-state index contributed by atoms with van der Waals surface area (Å²) in [4.78, 5) is 16.6. The number of hydrogen-bond acceptors (Lipinski definition) is 3. The Kier molecular flexibility index (Phi) is 4.96. The Morgan fingerprint density at radius 1 is 1.17 bits per heavy atom. The third kappa shape index (κ3) is 3.84. The van der Waals surface area contributed by atoms with Crippen LogP contribution in [0.25, 0.3) is 11.3 Å². The molecule has 0 saturated carbocycles. The van der Waals surface area contributed by atoms with E-state index in [0.29, 0.717) is 29.4 Å². The summed E-state index contributed by atoms with van der Waals surface area (Å²) >= 11 is 5.91. The molecule has 1 amide bonds. The standard InChI is InChI=1S/C19H17ClN2O2/c1-13-22-18(14-6-3-2-4-7-14)17(24-13)10-11-21-19(23)15-8-5-9-16(20)12-15/h2-9,12H,10-11H2,1H3,(H,21,23). The highest BCUT2D eigenvalue weighted by molar-refractivity contribution is 6.30. The lowest BCUT2D eigenvalue weighted by atomic mass is 10.1. The van der Waals surface area contributed by atoms with E-state index in [1.165, 1.54) is 0 Å². The second-order valence-electron chi connectivity index (χ2n) is 5.39. The Labute approximate surface area is 145 Å². The highest BCUT2D eigenvalue weighted by Gasteiger charge is 2.13. The molecule has 5 heteroatoms. The van der Waals surface area contributed by atoms with Gasteiger partial charge in [-0.3, -0.25) is 4.79 Å². The lowest BCUT2D eigenvalue weighted by molar-refractivity contribution is 0.0953. The third-order valence-electron chi connectivity index (χ3n) is 3.58. The topological polar surface area (TPSA) is 55.1 Å². The number of amides is 1. The summed E-state index contributed by atoms with van der Waals surface area (Å²) in [5.74, 6) is 1.23. The van der Waals surface area contributed by atoms with Crippen molar-refractivity contribution in [3.63, 3.8) is 0 Å². The minimum atomic E-state index is -0.157. The molecule has 1 heterocycles. The molecular formula is C19H17ClN2O2. The normalized spacial score (nSPS) is 10.6. The fraction of sp³-hybridized carbons (Fsp3) is 0.158. The van der Waals surface area contributed by atoms with Crippen LogP contribution < -0.4 is 5.32 Å². The van der Waals surface area contributed by atoms with Crippen molar-refractivity contribution in [2.75, 3.05) is 6.54 Å². The number of carbonyl (C=O) groups is 1. The predicted octanol–water partition coefficient (Wildman–Crippen LogP) is 4.28. The number of hydrogen-bond donors (Lipinski definition) is 1. The first-order valence-corrected chi connectivity index (χ1v) is 8.07. The van der Waals surface area contributed by atoms with Crippen molar-refractivity contribution in [1.29, 1.82) is 0 Å². The molecule has 0 saturated heterocycles. The molecule has 122 valence electrons. The smallest absolute Gasteiger partial charge is 0.251 e. The highest BCUT2D eigenvalue weighted by Crippen LogP contribution is 2.23. The minimum absolute atomic E-state index is 0.157. The molecule has 1 N–H and O–H groups in total. The van der Waals surface area contributed by atoms with Gasteiger partial charge in [0, 0.05) is 36.0 Å². The predicted molar refractivity (Wildman–Crippen MR) is 94.2 cm³/mol. The average Bonchev–Trinajstić information content (AvgIpc) is 2.96. The van der Waals surface area contributed by atoms with Crippen LogP contribution in [-0.4, -0.2) is 17.4 Å². The van der Waals surface area contributed by atoms with E-state index in [9.17, 15) is 4.79 Å². The average molecular weight is 341 g/mol. The minimum Gasteiger partial charge on any atom is -0.445 e. The largest absolute Gasteiger partial charge is 0.445 e. The first kappa shape index (κ1) is 16.3. The number of nitrogens with one attached hydrogen (secondary N) is 1. The maximum atomic E-state index is 12.1. The van der Waals surface area contributed by atoms with Crippen molar-refractivity contribution in [2.24, 2.45) is 0 Å². The van der Waals surface area contributed by atoms with Crippen LogP contribution in [0.1, 0.15) is 22.0 Å². The maximum absolute atomic E-state index is 12.1. The van der Waals surface area contributed by atoms with E-state index in [1.807, 2.05) is 37.3 Å². The maximum Gasteiger partial charge on any atom is 0.251 e. The Bertz CT molecular complexity index is 844. The first-order chi connectivity index (χ1) is 11.6. The fourth-order valence-corrected chi connectivity index (χ4v) is 2.67. The van der Waals surface area contributed by atoms with Gasteiger partial charge in [-0.25, -0.2) is 4.98 Å². The number of benzene rings is 2. The summed E-state index contributed by atoms with van der Waals surface area (Å²) in [5, 5.41) is 3.42. The molecule has 4 nitrogen and oxygen atoms in total. The second kappa shape index (κ2) is 7.32. The molecular weight excluding hydrogens is 324 g/mol.